The number of carbonyl (C=O) groups excluding carboxylic acids is 2. The second kappa shape index (κ2) is 9.03. The average molecular weight is 392 g/mol. The van der Waals surface area contributed by atoms with Crippen LogP contribution >= 0.6 is 0 Å². The molecule has 152 valence electrons. The summed E-state index contributed by atoms with van der Waals surface area (Å²) in [6, 6.07) is 9.34. The number of hydrogen-bond acceptors (Lipinski definition) is 7. The van der Waals surface area contributed by atoms with Crippen LogP contribution in [0.3, 0.4) is 0 Å². The van der Waals surface area contributed by atoms with Gasteiger partial charge in [0.15, 0.2) is 6.61 Å². The standard InChI is InChI=1S/C19H24N2O7/c1-19(2,3)27-18(25)20-11-10-13-4-6-14(7-5-13)26-12-17(24)28-21-15(22)8-9-16(21)23/h4-9,22-23H,10-12H2,1-3H3,(H,20,25). The zero-order valence-electron chi connectivity index (χ0n) is 16.0. The monoisotopic (exact) mass is 392 g/mol. The smallest absolute Gasteiger partial charge is 0.407 e. The highest BCUT2D eigenvalue weighted by molar-refractivity contribution is 5.71. The molecule has 0 fully saturated rings. The maximum atomic E-state index is 11.7. The molecular weight excluding hydrogens is 368 g/mol. The van der Waals surface area contributed by atoms with Gasteiger partial charge in [-0.2, -0.15) is 0 Å². The summed E-state index contributed by atoms with van der Waals surface area (Å²) >= 11 is 0. The zero-order chi connectivity index (χ0) is 20.7. The van der Waals surface area contributed by atoms with Gasteiger partial charge in [-0.05, 0) is 44.9 Å². The van der Waals surface area contributed by atoms with Crippen LogP contribution in [0.5, 0.6) is 17.5 Å². The molecule has 1 aromatic heterocycles. The second-order valence-corrected chi connectivity index (χ2v) is 6.92. The first kappa shape index (κ1) is 20.9. The molecule has 0 saturated heterocycles. The number of nitrogens with one attached hydrogen (secondary N) is 1. The Kier molecular flexibility index (Phi) is 6.75. The van der Waals surface area contributed by atoms with Crippen molar-refractivity contribution in [1.82, 2.24) is 10.0 Å². The number of aromatic hydroxyl groups is 2. The number of alkyl carbamates (subject to hydrolysis) is 1. The fraction of sp³-hybridized carbons (Fsp3) is 0.368. The largest absolute Gasteiger partial charge is 0.492 e. The highest BCUT2D eigenvalue weighted by Crippen LogP contribution is 2.19. The van der Waals surface area contributed by atoms with Gasteiger partial charge in [-0.3, -0.25) is 0 Å². The van der Waals surface area contributed by atoms with Crippen molar-refractivity contribution in [3.8, 4) is 17.5 Å². The number of aromatic nitrogens is 1. The lowest BCUT2D eigenvalue weighted by atomic mass is 10.1. The molecule has 0 saturated carbocycles. The van der Waals surface area contributed by atoms with Crippen LogP contribution in [0.25, 0.3) is 0 Å². The summed E-state index contributed by atoms with van der Waals surface area (Å²) in [5.41, 5.74) is 0.427. The zero-order valence-corrected chi connectivity index (χ0v) is 16.0. The van der Waals surface area contributed by atoms with Crippen molar-refractivity contribution in [2.24, 2.45) is 0 Å². The molecule has 0 radical (unpaired) electrons. The Balaban J connectivity index is 1.73. The minimum absolute atomic E-state index is 0.406. The third-order valence-corrected chi connectivity index (χ3v) is 3.35. The predicted molar refractivity (Wildman–Crippen MR) is 99.2 cm³/mol. The van der Waals surface area contributed by atoms with Crippen LogP contribution < -0.4 is 14.9 Å². The van der Waals surface area contributed by atoms with E-state index in [9.17, 15) is 19.8 Å². The quantitative estimate of drug-likeness (QED) is 0.659. The number of rotatable bonds is 7. The molecule has 28 heavy (non-hydrogen) atoms. The van der Waals surface area contributed by atoms with E-state index in [2.05, 4.69) is 5.32 Å². The number of nitrogens with zero attached hydrogens (tertiary/aromatic N) is 1. The Bertz CT molecular complexity index is 787. The first-order chi connectivity index (χ1) is 13.1. The Morgan fingerprint density at radius 1 is 1.04 bits per heavy atom. The van der Waals surface area contributed by atoms with Crippen molar-refractivity contribution in [2.45, 2.75) is 32.8 Å². The van der Waals surface area contributed by atoms with E-state index in [0.717, 1.165) is 5.56 Å². The van der Waals surface area contributed by atoms with Gasteiger partial charge in [0.25, 0.3) is 0 Å². The van der Waals surface area contributed by atoms with E-state index in [1.807, 2.05) is 0 Å². The highest BCUT2D eigenvalue weighted by atomic mass is 16.7. The van der Waals surface area contributed by atoms with Crippen molar-refractivity contribution >= 4 is 12.1 Å². The lowest BCUT2D eigenvalue weighted by molar-refractivity contribution is -0.147. The maximum absolute atomic E-state index is 11.7. The number of hydrogen-bond donors (Lipinski definition) is 3. The molecule has 0 aliphatic rings. The number of benzene rings is 1. The fourth-order valence-electron chi connectivity index (χ4n) is 2.14. The number of ether oxygens (including phenoxy) is 2. The third kappa shape index (κ3) is 6.75. The lowest BCUT2D eigenvalue weighted by Gasteiger charge is -2.19. The van der Waals surface area contributed by atoms with Crippen molar-refractivity contribution in [3.63, 3.8) is 0 Å². The van der Waals surface area contributed by atoms with Crippen LogP contribution in [-0.4, -0.2) is 45.8 Å². The van der Waals surface area contributed by atoms with E-state index >= 15 is 0 Å². The molecule has 0 atom stereocenters. The summed E-state index contributed by atoms with van der Waals surface area (Å²) in [4.78, 5) is 28.1. The van der Waals surface area contributed by atoms with Gasteiger partial charge in [0.1, 0.15) is 11.4 Å². The summed E-state index contributed by atoms with van der Waals surface area (Å²) in [5.74, 6) is -1.17. The normalized spacial score (nSPS) is 11.0. The summed E-state index contributed by atoms with van der Waals surface area (Å²) in [6.45, 7) is 5.41. The molecule has 1 aromatic carbocycles. The van der Waals surface area contributed by atoms with Gasteiger partial charge in [-0.25, -0.2) is 9.59 Å². The van der Waals surface area contributed by atoms with Crippen LogP contribution in [0.2, 0.25) is 0 Å². The van der Waals surface area contributed by atoms with Gasteiger partial charge in [0, 0.05) is 18.7 Å². The van der Waals surface area contributed by atoms with Crippen molar-refractivity contribution in [3.05, 3.63) is 42.0 Å². The van der Waals surface area contributed by atoms with Crippen LogP contribution in [0, 0.1) is 0 Å². The molecule has 0 aliphatic heterocycles. The first-order valence-corrected chi connectivity index (χ1v) is 8.63. The SMILES string of the molecule is CC(C)(C)OC(=O)NCCc1ccc(OCC(=O)On2c(O)ccc2O)cc1. The van der Waals surface area contributed by atoms with Crippen LogP contribution in [0.15, 0.2) is 36.4 Å². The van der Waals surface area contributed by atoms with Crippen LogP contribution in [-0.2, 0) is 16.0 Å². The molecule has 3 N–H and O–H groups in total. The molecule has 0 bridgehead atoms. The number of amides is 1. The summed E-state index contributed by atoms with van der Waals surface area (Å²) in [5, 5.41) is 21.5. The van der Waals surface area contributed by atoms with Gasteiger partial charge in [0.2, 0.25) is 11.8 Å². The molecular formula is C19H24N2O7. The molecule has 0 aliphatic carbocycles. The lowest BCUT2D eigenvalue weighted by Crippen LogP contribution is -2.33. The molecule has 9 heteroatoms. The van der Waals surface area contributed by atoms with E-state index in [-0.39, 0.29) is 0 Å². The molecule has 0 spiro atoms. The molecule has 2 aromatic rings. The second-order valence-electron chi connectivity index (χ2n) is 6.92. The van der Waals surface area contributed by atoms with Gasteiger partial charge in [0.05, 0.1) is 0 Å². The fourth-order valence-corrected chi connectivity index (χ4v) is 2.14. The maximum Gasteiger partial charge on any atom is 0.407 e. The van der Waals surface area contributed by atoms with E-state index in [4.69, 9.17) is 14.3 Å². The van der Waals surface area contributed by atoms with E-state index in [1.165, 1.54) is 12.1 Å². The van der Waals surface area contributed by atoms with Crippen molar-refractivity contribution in [2.75, 3.05) is 13.2 Å². The summed E-state index contributed by atoms with van der Waals surface area (Å²) in [6.07, 6.45) is 0.138. The van der Waals surface area contributed by atoms with Gasteiger partial charge >= 0.3 is 12.1 Å². The average Bonchev–Trinajstić information content (AvgIpc) is 2.91. The molecule has 1 amide bonds. The van der Waals surface area contributed by atoms with Gasteiger partial charge < -0.3 is 29.8 Å². The Morgan fingerprint density at radius 2 is 1.64 bits per heavy atom. The Morgan fingerprint density at radius 3 is 2.21 bits per heavy atom. The first-order valence-electron chi connectivity index (χ1n) is 8.63. The van der Waals surface area contributed by atoms with Crippen molar-refractivity contribution < 1.29 is 34.1 Å². The minimum atomic E-state index is -0.799. The van der Waals surface area contributed by atoms with Gasteiger partial charge in [-0.1, -0.05) is 12.1 Å². The molecule has 9 nitrogen and oxygen atoms in total. The summed E-state index contributed by atoms with van der Waals surface area (Å²) < 4.78 is 11.1. The summed E-state index contributed by atoms with van der Waals surface area (Å²) in [7, 11) is 0. The molecule has 2 rings (SSSR count). The van der Waals surface area contributed by atoms with Crippen LogP contribution in [0.1, 0.15) is 26.3 Å². The predicted octanol–water partition coefficient (Wildman–Crippen LogP) is 2.00. The Hall–Kier alpha value is -3.36. The number of carbonyl (C=O) groups is 2. The minimum Gasteiger partial charge on any atom is -0.492 e. The van der Waals surface area contributed by atoms with E-state index in [1.54, 1.807) is 45.0 Å². The van der Waals surface area contributed by atoms with E-state index in [0.29, 0.717) is 23.4 Å². The highest BCUT2D eigenvalue weighted by Gasteiger charge is 2.15. The molecule has 1 heterocycles. The van der Waals surface area contributed by atoms with Crippen molar-refractivity contribution in [1.29, 1.82) is 0 Å². The molecule has 0 unspecified atom stereocenters. The van der Waals surface area contributed by atoms with E-state index < -0.39 is 36.0 Å². The van der Waals surface area contributed by atoms with Gasteiger partial charge in [-0.15, -0.1) is 4.73 Å². The van der Waals surface area contributed by atoms with Crippen LogP contribution in [0.4, 0.5) is 4.79 Å². The Labute approximate surface area is 162 Å². The topological polar surface area (TPSA) is 119 Å². The third-order valence-electron chi connectivity index (χ3n) is 3.35.